The fourth-order valence-electron chi connectivity index (χ4n) is 1.93. The van der Waals surface area contributed by atoms with Crippen LogP contribution in [-0.2, 0) is 6.54 Å². The molecule has 1 unspecified atom stereocenters. The minimum absolute atomic E-state index is 0.280. The summed E-state index contributed by atoms with van der Waals surface area (Å²) in [7, 11) is 0. The van der Waals surface area contributed by atoms with Crippen molar-refractivity contribution >= 4 is 0 Å². The van der Waals surface area contributed by atoms with Crippen molar-refractivity contribution in [1.82, 2.24) is 5.32 Å². The summed E-state index contributed by atoms with van der Waals surface area (Å²) >= 11 is 0. The third-order valence-corrected chi connectivity index (χ3v) is 3.13. The average molecular weight is 249 g/mol. The summed E-state index contributed by atoms with van der Waals surface area (Å²) in [6.45, 7) is 13.8. The highest BCUT2D eigenvalue weighted by atomic mass is 16.5. The number of ether oxygens (including phenoxy) is 1. The molecular formula is C16H27NO. The molecule has 0 saturated carbocycles. The molecule has 1 aromatic rings. The van der Waals surface area contributed by atoms with Crippen molar-refractivity contribution in [2.24, 2.45) is 0 Å². The van der Waals surface area contributed by atoms with Gasteiger partial charge in [-0.1, -0.05) is 32.9 Å². The minimum atomic E-state index is 0.280. The quantitative estimate of drug-likeness (QED) is 0.823. The molecule has 0 aliphatic heterocycles. The molecular weight excluding hydrogens is 222 g/mol. The maximum absolute atomic E-state index is 5.99. The van der Waals surface area contributed by atoms with Crippen molar-refractivity contribution in [3.05, 3.63) is 28.8 Å². The smallest absolute Gasteiger partial charge is 0.125 e. The van der Waals surface area contributed by atoms with Crippen LogP contribution in [0.4, 0.5) is 0 Å². The van der Waals surface area contributed by atoms with Gasteiger partial charge in [0.1, 0.15) is 5.75 Å². The van der Waals surface area contributed by atoms with E-state index in [1.165, 1.54) is 16.7 Å². The zero-order valence-electron chi connectivity index (χ0n) is 12.6. The van der Waals surface area contributed by atoms with Crippen molar-refractivity contribution < 1.29 is 4.74 Å². The number of rotatable bonds is 6. The van der Waals surface area contributed by atoms with E-state index in [4.69, 9.17) is 4.74 Å². The lowest BCUT2D eigenvalue weighted by atomic mass is 10.1. The van der Waals surface area contributed by atoms with Crippen LogP contribution >= 0.6 is 0 Å². The van der Waals surface area contributed by atoms with Gasteiger partial charge in [-0.25, -0.2) is 0 Å². The summed E-state index contributed by atoms with van der Waals surface area (Å²) in [5.41, 5.74) is 3.79. The molecule has 0 spiro atoms. The lowest BCUT2D eigenvalue weighted by Gasteiger charge is -2.18. The van der Waals surface area contributed by atoms with Crippen LogP contribution < -0.4 is 10.1 Å². The monoisotopic (exact) mass is 249 g/mol. The van der Waals surface area contributed by atoms with Crippen molar-refractivity contribution in [2.75, 3.05) is 0 Å². The van der Waals surface area contributed by atoms with E-state index in [1.54, 1.807) is 0 Å². The predicted molar refractivity (Wildman–Crippen MR) is 78.3 cm³/mol. The second-order valence-electron chi connectivity index (χ2n) is 5.43. The number of hydrogen-bond acceptors (Lipinski definition) is 2. The average Bonchev–Trinajstić information content (AvgIpc) is 2.30. The second-order valence-corrected chi connectivity index (χ2v) is 5.43. The highest BCUT2D eigenvalue weighted by Gasteiger charge is 2.09. The molecule has 0 amide bonds. The van der Waals surface area contributed by atoms with Gasteiger partial charge < -0.3 is 10.1 Å². The summed E-state index contributed by atoms with van der Waals surface area (Å²) in [5, 5.41) is 3.45. The summed E-state index contributed by atoms with van der Waals surface area (Å²) in [6.07, 6.45) is 1.32. The van der Waals surface area contributed by atoms with Crippen LogP contribution in [0.3, 0.4) is 0 Å². The van der Waals surface area contributed by atoms with E-state index in [2.05, 4.69) is 59.0 Å². The van der Waals surface area contributed by atoms with Gasteiger partial charge in [-0.3, -0.25) is 0 Å². The van der Waals surface area contributed by atoms with E-state index < -0.39 is 0 Å². The molecule has 102 valence electrons. The standard InChI is InChI=1S/C16H27NO/c1-7-14(6)18-16-12(4)8-15(9-13(16)5)10-17-11(2)3/h8-9,11,14,17H,7,10H2,1-6H3. The zero-order valence-corrected chi connectivity index (χ0v) is 12.6. The van der Waals surface area contributed by atoms with Gasteiger partial charge in [0, 0.05) is 12.6 Å². The zero-order chi connectivity index (χ0) is 13.7. The van der Waals surface area contributed by atoms with Crippen LogP contribution in [-0.4, -0.2) is 12.1 Å². The Balaban J connectivity index is 2.83. The third kappa shape index (κ3) is 4.34. The van der Waals surface area contributed by atoms with E-state index in [0.29, 0.717) is 6.04 Å². The van der Waals surface area contributed by atoms with E-state index in [9.17, 15) is 0 Å². The largest absolute Gasteiger partial charge is 0.490 e. The van der Waals surface area contributed by atoms with Crippen LogP contribution in [0.1, 0.15) is 50.8 Å². The summed E-state index contributed by atoms with van der Waals surface area (Å²) < 4.78 is 5.99. The van der Waals surface area contributed by atoms with Crippen LogP contribution in [0, 0.1) is 13.8 Å². The first-order valence-electron chi connectivity index (χ1n) is 6.94. The molecule has 0 radical (unpaired) electrons. The first kappa shape index (κ1) is 15.0. The Bertz CT molecular complexity index is 362. The maximum atomic E-state index is 5.99. The summed E-state index contributed by atoms with van der Waals surface area (Å²) in [4.78, 5) is 0. The molecule has 18 heavy (non-hydrogen) atoms. The van der Waals surface area contributed by atoms with Crippen molar-refractivity contribution in [1.29, 1.82) is 0 Å². The lowest BCUT2D eigenvalue weighted by Crippen LogP contribution is -2.22. The molecule has 1 rings (SSSR count). The number of aryl methyl sites for hydroxylation is 2. The Morgan fingerprint density at radius 3 is 2.11 bits per heavy atom. The number of hydrogen-bond donors (Lipinski definition) is 1. The minimum Gasteiger partial charge on any atom is -0.490 e. The molecule has 1 aromatic carbocycles. The molecule has 1 N–H and O–H groups in total. The van der Waals surface area contributed by atoms with Crippen LogP contribution in [0.15, 0.2) is 12.1 Å². The topological polar surface area (TPSA) is 21.3 Å². The van der Waals surface area contributed by atoms with Gasteiger partial charge in [0.15, 0.2) is 0 Å². The Kier molecular flexibility index (Phi) is 5.67. The van der Waals surface area contributed by atoms with Gasteiger partial charge in [0.2, 0.25) is 0 Å². The Hall–Kier alpha value is -1.02. The molecule has 0 fully saturated rings. The van der Waals surface area contributed by atoms with Gasteiger partial charge in [-0.05, 0) is 43.9 Å². The number of nitrogens with one attached hydrogen (secondary N) is 1. The lowest BCUT2D eigenvalue weighted by molar-refractivity contribution is 0.214. The first-order chi connectivity index (χ1) is 8.43. The molecule has 1 atom stereocenters. The van der Waals surface area contributed by atoms with Crippen LogP contribution in [0.25, 0.3) is 0 Å². The van der Waals surface area contributed by atoms with Crippen molar-refractivity contribution in [3.8, 4) is 5.75 Å². The van der Waals surface area contributed by atoms with Crippen LogP contribution in [0.2, 0.25) is 0 Å². The van der Waals surface area contributed by atoms with Gasteiger partial charge >= 0.3 is 0 Å². The SMILES string of the molecule is CCC(C)Oc1c(C)cc(CNC(C)C)cc1C. The fraction of sp³-hybridized carbons (Fsp3) is 0.625. The van der Waals surface area contributed by atoms with Gasteiger partial charge in [-0.15, -0.1) is 0 Å². The molecule has 0 saturated heterocycles. The fourth-order valence-corrected chi connectivity index (χ4v) is 1.93. The molecule has 0 aromatic heterocycles. The second kappa shape index (κ2) is 6.79. The third-order valence-electron chi connectivity index (χ3n) is 3.13. The maximum Gasteiger partial charge on any atom is 0.125 e. The first-order valence-corrected chi connectivity index (χ1v) is 6.94. The van der Waals surface area contributed by atoms with Gasteiger partial charge in [0.25, 0.3) is 0 Å². The van der Waals surface area contributed by atoms with E-state index in [1.807, 2.05) is 0 Å². The summed E-state index contributed by atoms with van der Waals surface area (Å²) in [5.74, 6) is 1.05. The Morgan fingerprint density at radius 2 is 1.67 bits per heavy atom. The van der Waals surface area contributed by atoms with E-state index in [-0.39, 0.29) is 6.10 Å². The molecule has 0 aliphatic rings. The van der Waals surface area contributed by atoms with Gasteiger partial charge in [0.05, 0.1) is 6.10 Å². The highest BCUT2D eigenvalue weighted by molar-refractivity contribution is 5.43. The van der Waals surface area contributed by atoms with Crippen molar-refractivity contribution in [3.63, 3.8) is 0 Å². The van der Waals surface area contributed by atoms with Crippen LogP contribution in [0.5, 0.6) is 5.75 Å². The normalized spacial score (nSPS) is 12.8. The molecule has 0 aliphatic carbocycles. The van der Waals surface area contributed by atoms with Gasteiger partial charge in [-0.2, -0.15) is 0 Å². The molecule has 2 heteroatoms. The highest BCUT2D eigenvalue weighted by Crippen LogP contribution is 2.26. The Labute approximate surface area is 112 Å². The Morgan fingerprint density at radius 1 is 1.11 bits per heavy atom. The number of benzene rings is 1. The molecule has 2 nitrogen and oxygen atoms in total. The molecule has 0 bridgehead atoms. The van der Waals surface area contributed by atoms with E-state index in [0.717, 1.165) is 18.7 Å². The molecule has 0 heterocycles. The summed E-state index contributed by atoms with van der Waals surface area (Å²) in [6, 6.07) is 4.96. The predicted octanol–water partition coefficient (Wildman–Crippen LogP) is 3.98. The van der Waals surface area contributed by atoms with E-state index >= 15 is 0 Å². The van der Waals surface area contributed by atoms with Crippen molar-refractivity contribution in [2.45, 2.75) is 66.7 Å².